The van der Waals surface area contributed by atoms with Crippen LogP contribution in [-0.2, 0) is 0 Å². The zero-order chi connectivity index (χ0) is 32.4. The van der Waals surface area contributed by atoms with E-state index in [0.717, 1.165) is 16.6 Å². The van der Waals surface area contributed by atoms with Crippen LogP contribution >= 0.6 is 0 Å². The molecule has 0 unspecified atom stereocenters. The van der Waals surface area contributed by atoms with Gasteiger partial charge in [0.1, 0.15) is 11.2 Å². The van der Waals surface area contributed by atoms with E-state index in [9.17, 15) is 0 Å². The van der Waals surface area contributed by atoms with Gasteiger partial charge in [-0.3, -0.25) is 0 Å². The van der Waals surface area contributed by atoms with Crippen molar-refractivity contribution in [2.75, 3.05) is 0 Å². The number of hydrogen-bond acceptors (Lipinski definition) is 1. The van der Waals surface area contributed by atoms with Crippen LogP contribution in [0.1, 0.15) is 11.1 Å². The summed E-state index contributed by atoms with van der Waals surface area (Å²) in [6.07, 6.45) is 0. The average Bonchev–Trinajstić information content (AvgIpc) is 3.78. The smallest absolute Gasteiger partial charge is 0.136 e. The molecule has 8 aromatic carbocycles. The Labute approximate surface area is 281 Å². The maximum absolute atomic E-state index is 6.71. The lowest BCUT2D eigenvalue weighted by Crippen LogP contribution is -1.94. The van der Waals surface area contributed by atoms with Crippen molar-refractivity contribution in [3.05, 3.63) is 157 Å². The Balaban J connectivity index is 1.31. The summed E-state index contributed by atoms with van der Waals surface area (Å²) in [4.78, 5) is 0. The highest BCUT2D eigenvalue weighted by molar-refractivity contribution is 6.33. The van der Waals surface area contributed by atoms with Gasteiger partial charge in [-0.1, -0.05) is 78.9 Å². The first-order chi connectivity index (χ1) is 24.1. The second-order valence-corrected chi connectivity index (χ2v) is 13.5. The van der Waals surface area contributed by atoms with Crippen LogP contribution in [0.25, 0.3) is 98.5 Å². The molecule has 0 bridgehead atoms. The molecular formula is C46H30N2O. The standard InChI is InChI=1S/C46H30N2O/c1-27-9-7-11-31(23-27)47-37-15-5-3-13-33(37)44-35-26-36-42(25-30(35)18-21-39(44)47)49-41-22-19-29-17-20-40-45(43(29)46(36)41)34-14-4-6-16-38(34)48(40)32-12-8-10-28(2)24-32/h3-26H,1-2H3. The molecule has 11 aromatic rings. The van der Waals surface area contributed by atoms with E-state index in [4.69, 9.17) is 4.42 Å². The Morgan fingerprint density at radius 1 is 0.367 bits per heavy atom. The summed E-state index contributed by atoms with van der Waals surface area (Å²) in [5.74, 6) is 0. The van der Waals surface area contributed by atoms with Gasteiger partial charge in [-0.05, 0) is 108 Å². The van der Waals surface area contributed by atoms with Gasteiger partial charge in [0.2, 0.25) is 0 Å². The second-order valence-electron chi connectivity index (χ2n) is 13.5. The molecule has 0 fully saturated rings. The fourth-order valence-corrected chi connectivity index (χ4v) is 8.52. The van der Waals surface area contributed by atoms with E-state index in [2.05, 4.69) is 169 Å². The first-order valence-corrected chi connectivity index (χ1v) is 16.9. The number of aryl methyl sites for hydroxylation is 2. The number of hydrogen-bond donors (Lipinski definition) is 0. The van der Waals surface area contributed by atoms with Crippen LogP contribution in [0.2, 0.25) is 0 Å². The summed E-state index contributed by atoms with van der Waals surface area (Å²) in [6.45, 7) is 4.32. The Bertz CT molecular complexity index is 3190. The highest BCUT2D eigenvalue weighted by Crippen LogP contribution is 2.45. The van der Waals surface area contributed by atoms with E-state index in [1.54, 1.807) is 0 Å². The van der Waals surface area contributed by atoms with E-state index in [1.165, 1.54) is 93.0 Å². The third kappa shape index (κ3) is 3.62. The number of aromatic nitrogens is 2. The van der Waals surface area contributed by atoms with Crippen molar-refractivity contribution in [1.29, 1.82) is 0 Å². The molecule has 0 saturated heterocycles. The molecular weight excluding hydrogens is 597 g/mol. The second kappa shape index (κ2) is 9.62. The summed E-state index contributed by atoms with van der Waals surface area (Å²) >= 11 is 0. The van der Waals surface area contributed by atoms with E-state index in [0.29, 0.717) is 0 Å². The predicted octanol–water partition coefficient (Wildman–Crippen LogP) is 12.7. The summed E-state index contributed by atoms with van der Waals surface area (Å²) in [5, 5.41) is 12.2. The van der Waals surface area contributed by atoms with Crippen molar-refractivity contribution in [2.45, 2.75) is 13.8 Å². The molecule has 3 nitrogen and oxygen atoms in total. The highest BCUT2D eigenvalue weighted by atomic mass is 16.3. The molecule has 0 amide bonds. The molecule has 0 atom stereocenters. The van der Waals surface area contributed by atoms with Crippen molar-refractivity contribution in [1.82, 2.24) is 9.13 Å². The Kier molecular flexibility index (Phi) is 5.24. The Morgan fingerprint density at radius 3 is 1.63 bits per heavy atom. The molecule has 0 N–H and O–H groups in total. The van der Waals surface area contributed by atoms with Gasteiger partial charge in [-0.2, -0.15) is 0 Å². The van der Waals surface area contributed by atoms with Gasteiger partial charge in [0.15, 0.2) is 0 Å². The molecule has 230 valence electrons. The highest BCUT2D eigenvalue weighted by Gasteiger charge is 2.21. The predicted molar refractivity (Wildman–Crippen MR) is 207 cm³/mol. The van der Waals surface area contributed by atoms with Crippen molar-refractivity contribution >= 4 is 87.1 Å². The molecule has 3 heterocycles. The van der Waals surface area contributed by atoms with Crippen molar-refractivity contribution in [3.63, 3.8) is 0 Å². The number of nitrogens with zero attached hydrogens (tertiary/aromatic N) is 2. The molecule has 0 saturated carbocycles. The van der Waals surface area contributed by atoms with Gasteiger partial charge >= 0.3 is 0 Å². The van der Waals surface area contributed by atoms with E-state index >= 15 is 0 Å². The summed E-state index contributed by atoms with van der Waals surface area (Å²) in [6, 6.07) is 53.3. The van der Waals surface area contributed by atoms with Gasteiger partial charge in [-0.25, -0.2) is 0 Å². The lowest BCUT2D eigenvalue weighted by molar-refractivity contribution is 0.670. The first kappa shape index (κ1) is 26.7. The maximum Gasteiger partial charge on any atom is 0.136 e. The van der Waals surface area contributed by atoms with Crippen LogP contribution in [-0.4, -0.2) is 9.13 Å². The Hall–Kier alpha value is -6.32. The van der Waals surface area contributed by atoms with Crippen molar-refractivity contribution in [3.8, 4) is 11.4 Å². The van der Waals surface area contributed by atoms with Crippen LogP contribution in [0.15, 0.2) is 150 Å². The summed E-state index contributed by atoms with van der Waals surface area (Å²) in [5.41, 5.74) is 11.5. The summed E-state index contributed by atoms with van der Waals surface area (Å²) in [7, 11) is 0. The fourth-order valence-electron chi connectivity index (χ4n) is 8.52. The van der Waals surface area contributed by atoms with Gasteiger partial charge in [0, 0.05) is 49.1 Å². The minimum Gasteiger partial charge on any atom is -0.456 e. The minimum absolute atomic E-state index is 0.913. The number of para-hydroxylation sites is 2. The molecule has 3 aromatic heterocycles. The minimum atomic E-state index is 0.913. The van der Waals surface area contributed by atoms with Crippen LogP contribution in [0, 0.1) is 13.8 Å². The van der Waals surface area contributed by atoms with Crippen LogP contribution < -0.4 is 0 Å². The SMILES string of the molecule is Cc1cccc(-n2c3ccccc3c3c4cc5c(cc4ccc32)oc2ccc3ccc4c(c6ccccc6n4-c4cccc(C)c4)c3c25)c1. The van der Waals surface area contributed by atoms with Gasteiger partial charge in [0.05, 0.1) is 22.1 Å². The molecule has 0 spiro atoms. The lowest BCUT2D eigenvalue weighted by atomic mass is 9.96. The molecule has 0 aliphatic carbocycles. The normalized spacial score (nSPS) is 12.3. The number of rotatable bonds is 2. The van der Waals surface area contributed by atoms with E-state index in [1.807, 2.05) is 0 Å². The van der Waals surface area contributed by atoms with Crippen molar-refractivity contribution < 1.29 is 4.42 Å². The quantitative estimate of drug-likeness (QED) is 0.187. The molecule has 11 rings (SSSR count). The van der Waals surface area contributed by atoms with Crippen LogP contribution in [0.5, 0.6) is 0 Å². The Morgan fingerprint density at radius 2 is 0.959 bits per heavy atom. The number of fused-ring (bicyclic) bond motifs is 14. The monoisotopic (exact) mass is 626 g/mol. The van der Waals surface area contributed by atoms with Crippen LogP contribution in [0.4, 0.5) is 0 Å². The number of furan rings is 1. The largest absolute Gasteiger partial charge is 0.456 e. The first-order valence-electron chi connectivity index (χ1n) is 16.9. The van der Waals surface area contributed by atoms with E-state index < -0.39 is 0 Å². The molecule has 49 heavy (non-hydrogen) atoms. The third-order valence-corrected chi connectivity index (χ3v) is 10.5. The molecule has 0 radical (unpaired) electrons. The lowest BCUT2D eigenvalue weighted by Gasteiger charge is -2.09. The molecule has 3 heteroatoms. The fraction of sp³-hybridized carbons (Fsp3) is 0.0435. The van der Waals surface area contributed by atoms with Crippen LogP contribution in [0.3, 0.4) is 0 Å². The van der Waals surface area contributed by atoms with E-state index in [-0.39, 0.29) is 0 Å². The topological polar surface area (TPSA) is 23.0 Å². The number of benzene rings is 8. The van der Waals surface area contributed by atoms with Gasteiger partial charge < -0.3 is 13.6 Å². The molecule has 0 aliphatic heterocycles. The third-order valence-electron chi connectivity index (χ3n) is 10.5. The average molecular weight is 627 g/mol. The maximum atomic E-state index is 6.71. The van der Waals surface area contributed by atoms with Gasteiger partial charge in [0.25, 0.3) is 0 Å². The zero-order valence-corrected chi connectivity index (χ0v) is 27.2. The summed E-state index contributed by atoms with van der Waals surface area (Å²) < 4.78 is 11.5. The molecule has 0 aliphatic rings. The van der Waals surface area contributed by atoms with Gasteiger partial charge in [-0.15, -0.1) is 0 Å². The zero-order valence-electron chi connectivity index (χ0n) is 27.2. The van der Waals surface area contributed by atoms with Crippen molar-refractivity contribution in [2.24, 2.45) is 0 Å².